The van der Waals surface area contributed by atoms with E-state index in [4.69, 9.17) is 4.74 Å². The fraction of sp³-hybridized carbons (Fsp3) is 0.0526. The number of benzene rings is 2. The Bertz CT molecular complexity index is 918. The fourth-order valence-electron chi connectivity index (χ4n) is 2.26. The molecule has 0 aliphatic carbocycles. The van der Waals surface area contributed by atoms with E-state index >= 15 is 0 Å². The number of carbonyl (C=O) groups excluding carboxylic acids is 1. The molecule has 1 amide bonds. The van der Waals surface area contributed by atoms with Gasteiger partial charge in [0, 0.05) is 23.6 Å². The van der Waals surface area contributed by atoms with Gasteiger partial charge < -0.3 is 14.8 Å². The minimum absolute atomic E-state index is 0.310. The van der Waals surface area contributed by atoms with Crippen molar-refractivity contribution in [3.05, 3.63) is 78.6 Å². The van der Waals surface area contributed by atoms with Crippen molar-refractivity contribution in [3.63, 3.8) is 0 Å². The molecule has 0 spiro atoms. The third-order valence-corrected chi connectivity index (χ3v) is 4.66. The van der Waals surface area contributed by atoms with Crippen LogP contribution in [-0.4, -0.2) is 22.2 Å². The predicted octanol–water partition coefficient (Wildman–Crippen LogP) is 3.48. The van der Waals surface area contributed by atoms with Crippen molar-refractivity contribution in [2.75, 3.05) is 17.1 Å². The van der Waals surface area contributed by atoms with Crippen LogP contribution in [0, 0.1) is 0 Å². The molecule has 7 heteroatoms. The zero-order valence-electron chi connectivity index (χ0n) is 14.0. The normalized spacial score (nSPS) is 11.4. The Labute approximate surface area is 153 Å². The Hall–Kier alpha value is -3.19. The highest BCUT2D eigenvalue weighted by Gasteiger charge is 2.14. The van der Waals surface area contributed by atoms with Gasteiger partial charge in [0.15, 0.2) is 11.0 Å². The summed E-state index contributed by atoms with van der Waals surface area (Å²) in [5.41, 5.74) is 1.57. The molecule has 3 aromatic rings. The maximum atomic E-state index is 12.6. The maximum Gasteiger partial charge on any atom is 0.274 e. The van der Waals surface area contributed by atoms with E-state index < -0.39 is 11.0 Å². The number of aromatic nitrogens is 1. The van der Waals surface area contributed by atoms with Crippen LogP contribution in [0.25, 0.3) is 0 Å². The van der Waals surface area contributed by atoms with Crippen molar-refractivity contribution in [3.8, 4) is 5.75 Å². The van der Waals surface area contributed by atoms with Crippen molar-refractivity contribution >= 4 is 28.3 Å². The maximum absolute atomic E-state index is 12.6. The molecule has 0 aliphatic rings. The summed E-state index contributed by atoms with van der Waals surface area (Å²) in [5.74, 6) is 0.0783. The third-order valence-electron chi connectivity index (χ3n) is 3.50. The van der Waals surface area contributed by atoms with Crippen LogP contribution in [0.1, 0.15) is 10.5 Å². The molecular formula is C19H17N3O3S. The summed E-state index contributed by atoms with van der Waals surface area (Å²) in [4.78, 5) is 16.7. The zero-order valence-corrected chi connectivity index (χ0v) is 14.8. The van der Waals surface area contributed by atoms with Gasteiger partial charge in [0.1, 0.15) is 16.3 Å². The van der Waals surface area contributed by atoms with Gasteiger partial charge in [0.05, 0.1) is 7.11 Å². The van der Waals surface area contributed by atoms with Gasteiger partial charge >= 0.3 is 0 Å². The lowest BCUT2D eigenvalue weighted by molar-refractivity contribution is 0.102. The monoisotopic (exact) mass is 367 g/mol. The number of nitrogens with zero attached hydrogens (tertiary/aromatic N) is 1. The van der Waals surface area contributed by atoms with Crippen LogP contribution >= 0.6 is 0 Å². The lowest BCUT2D eigenvalue weighted by Gasteiger charge is -2.12. The second kappa shape index (κ2) is 8.26. The van der Waals surface area contributed by atoms with Crippen molar-refractivity contribution in [1.29, 1.82) is 0 Å². The number of hydrogen-bond acceptors (Lipinski definition) is 4. The van der Waals surface area contributed by atoms with Crippen molar-refractivity contribution < 1.29 is 13.7 Å². The molecule has 0 saturated heterocycles. The Morgan fingerprint density at radius 2 is 1.77 bits per heavy atom. The molecule has 132 valence electrons. The molecule has 1 unspecified atom stereocenters. The molecule has 3 rings (SSSR count). The summed E-state index contributed by atoms with van der Waals surface area (Å²) in [7, 11) is -0.0138. The third kappa shape index (κ3) is 4.25. The van der Waals surface area contributed by atoms with E-state index in [9.17, 15) is 9.00 Å². The molecule has 26 heavy (non-hydrogen) atoms. The number of hydrogen-bond donors (Lipinski definition) is 2. The number of anilines is 2. The van der Waals surface area contributed by atoms with Crippen LogP contribution in [0.4, 0.5) is 11.4 Å². The highest BCUT2D eigenvalue weighted by molar-refractivity contribution is 7.86. The molecule has 0 aliphatic heterocycles. The first-order chi connectivity index (χ1) is 12.7. The minimum atomic E-state index is -1.50. The van der Waals surface area contributed by atoms with E-state index in [1.165, 1.54) is 7.11 Å². The minimum Gasteiger partial charge on any atom is -0.495 e. The van der Waals surface area contributed by atoms with Gasteiger partial charge in [0.25, 0.3) is 5.91 Å². The zero-order chi connectivity index (χ0) is 18.4. The highest BCUT2D eigenvalue weighted by atomic mass is 32.2. The van der Waals surface area contributed by atoms with E-state index in [-0.39, 0.29) is 5.91 Å². The van der Waals surface area contributed by atoms with Crippen LogP contribution < -0.4 is 14.8 Å². The standard InChI is InChI=1S/C19H17N3O3S/c1-25-17-13-15(21-19(23)16-9-5-6-12-20-16)10-11-18(17)26(24)22-14-7-3-2-4-8-14/h2-13,22H,1H3,(H,21,23). The molecular weight excluding hydrogens is 350 g/mol. The molecule has 2 N–H and O–H groups in total. The summed E-state index contributed by atoms with van der Waals surface area (Å²) in [6, 6.07) is 19.3. The number of carbonyl (C=O) groups is 1. The molecule has 0 saturated carbocycles. The lowest BCUT2D eigenvalue weighted by atomic mass is 10.2. The van der Waals surface area contributed by atoms with Gasteiger partial charge in [-0.2, -0.15) is 0 Å². The van der Waals surface area contributed by atoms with E-state index in [2.05, 4.69) is 15.0 Å². The summed E-state index contributed by atoms with van der Waals surface area (Å²) in [6.07, 6.45) is 1.55. The van der Waals surface area contributed by atoms with Crippen molar-refractivity contribution in [2.45, 2.75) is 4.90 Å². The molecule has 0 radical (unpaired) electrons. The molecule has 0 fully saturated rings. The molecule has 1 heterocycles. The van der Waals surface area contributed by atoms with Gasteiger partial charge in [-0.15, -0.1) is 0 Å². The lowest BCUT2D eigenvalue weighted by Crippen LogP contribution is -2.14. The van der Waals surface area contributed by atoms with Crippen molar-refractivity contribution in [1.82, 2.24) is 4.98 Å². The van der Waals surface area contributed by atoms with Gasteiger partial charge in [0.2, 0.25) is 0 Å². The summed E-state index contributed by atoms with van der Waals surface area (Å²) in [6.45, 7) is 0. The molecule has 1 atom stereocenters. The quantitative estimate of drug-likeness (QED) is 0.699. The number of methoxy groups -OCH3 is 1. The number of rotatable bonds is 6. The van der Waals surface area contributed by atoms with Crippen LogP contribution in [-0.2, 0) is 11.0 Å². The first-order valence-corrected chi connectivity index (χ1v) is 8.96. The van der Waals surface area contributed by atoms with E-state index in [1.54, 1.807) is 42.6 Å². The highest BCUT2D eigenvalue weighted by Crippen LogP contribution is 2.27. The molecule has 2 aromatic carbocycles. The van der Waals surface area contributed by atoms with Gasteiger partial charge in [-0.25, -0.2) is 4.21 Å². The fourth-order valence-corrected chi connectivity index (χ4v) is 3.24. The largest absolute Gasteiger partial charge is 0.495 e. The van der Waals surface area contributed by atoms with E-state index in [0.29, 0.717) is 22.0 Å². The van der Waals surface area contributed by atoms with Crippen LogP contribution in [0.3, 0.4) is 0 Å². The molecule has 6 nitrogen and oxygen atoms in total. The summed E-state index contributed by atoms with van der Waals surface area (Å²) >= 11 is 0. The summed E-state index contributed by atoms with van der Waals surface area (Å²) in [5, 5.41) is 2.75. The Kier molecular flexibility index (Phi) is 5.60. The number of nitrogens with one attached hydrogen (secondary N) is 2. The topological polar surface area (TPSA) is 80.3 Å². The van der Waals surface area contributed by atoms with Gasteiger partial charge in [-0.3, -0.25) is 9.78 Å². The van der Waals surface area contributed by atoms with Crippen molar-refractivity contribution in [2.24, 2.45) is 0 Å². The molecule has 1 aromatic heterocycles. The van der Waals surface area contributed by atoms with E-state index in [1.807, 2.05) is 30.3 Å². The van der Waals surface area contributed by atoms with E-state index in [0.717, 1.165) is 5.69 Å². The number of para-hydroxylation sites is 1. The SMILES string of the molecule is COc1cc(NC(=O)c2ccccn2)ccc1S(=O)Nc1ccccc1. The number of ether oxygens (including phenoxy) is 1. The Morgan fingerprint density at radius 1 is 1.00 bits per heavy atom. The second-order valence-electron chi connectivity index (χ2n) is 5.27. The van der Waals surface area contributed by atoms with Gasteiger partial charge in [-0.1, -0.05) is 24.3 Å². The van der Waals surface area contributed by atoms with Crippen LogP contribution in [0.15, 0.2) is 77.8 Å². The number of amides is 1. The van der Waals surface area contributed by atoms with Gasteiger partial charge in [-0.05, 0) is 36.4 Å². The van der Waals surface area contributed by atoms with Crippen LogP contribution in [0.5, 0.6) is 5.75 Å². The van der Waals surface area contributed by atoms with Crippen LogP contribution in [0.2, 0.25) is 0 Å². The Balaban J connectivity index is 1.77. The Morgan fingerprint density at radius 3 is 2.46 bits per heavy atom. The first-order valence-electron chi connectivity index (χ1n) is 7.81. The average Bonchev–Trinajstić information content (AvgIpc) is 2.69. The first kappa shape index (κ1) is 17.6. The number of pyridine rings is 1. The average molecular weight is 367 g/mol. The summed E-state index contributed by atoms with van der Waals surface area (Å²) < 4.78 is 20.8. The molecule has 0 bridgehead atoms. The second-order valence-corrected chi connectivity index (χ2v) is 6.45. The predicted molar refractivity (Wildman–Crippen MR) is 102 cm³/mol. The smallest absolute Gasteiger partial charge is 0.274 e.